The molecule has 1 fully saturated rings. The molecule has 2 rings (SSSR count). The number of carboxylic acids is 1. The molecule has 2 N–H and O–H groups in total. The Morgan fingerprint density at radius 1 is 1.42 bits per heavy atom. The van der Waals surface area contributed by atoms with Crippen LogP contribution in [0, 0.1) is 10.1 Å². The highest BCUT2D eigenvalue weighted by atomic mass is 16.6. The monoisotopic (exact) mass is 266 g/mol. The second-order valence-electron chi connectivity index (χ2n) is 4.33. The molecule has 0 amide bonds. The minimum Gasteiger partial charge on any atom is -0.478 e. The molecule has 19 heavy (non-hydrogen) atoms. The first-order valence-corrected chi connectivity index (χ1v) is 5.94. The quantitative estimate of drug-likeness (QED) is 0.637. The van der Waals surface area contributed by atoms with E-state index in [1.807, 2.05) is 0 Å². The summed E-state index contributed by atoms with van der Waals surface area (Å²) in [6, 6.07) is 3.99. The van der Waals surface area contributed by atoms with Crippen LogP contribution in [0.4, 0.5) is 11.4 Å². The summed E-state index contributed by atoms with van der Waals surface area (Å²) in [6.45, 7) is 1.25. The molecule has 1 aromatic carbocycles. The fourth-order valence-electron chi connectivity index (χ4n) is 2.00. The van der Waals surface area contributed by atoms with E-state index in [2.05, 4.69) is 5.32 Å². The first-order valence-electron chi connectivity index (χ1n) is 5.94. The van der Waals surface area contributed by atoms with Crippen LogP contribution in [0.25, 0.3) is 0 Å². The zero-order valence-electron chi connectivity index (χ0n) is 10.2. The molecular weight excluding hydrogens is 252 g/mol. The molecule has 102 valence electrons. The first-order chi connectivity index (χ1) is 9.08. The standard InChI is InChI=1S/C12H14N2O5/c15-12(16)8-1-2-10(11(7-8)14(17)18)13-9-3-5-19-6-4-9/h1-2,7,9,13H,3-6H2,(H,15,16). The number of nitrogens with zero attached hydrogens (tertiary/aromatic N) is 1. The minimum absolute atomic E-state index is 0.0933. The van der Waals surface area contributed by atoms with Crippen molar-refractivity contribution < 1.29 is 19.6 Å². The summed E-state index contributed by atoms with van der Waals surface area (Å²) in [6.07, 6.45) is 1.55. The molecule has 1 aliphatic rings. The van der Waals surface area contributed by atoms with Crippen molar-refractivity contribution in [3.8, 4) is 0 Å². The summed E-state index contributed by atoms with van der Waals surface area (Å²) in [5, 5.41) is 22.9. The molecule has 7 heteroatoms. The fraction of sp³-hybridized carbons (Fsp3) is 0.417. The van der Waals surface area contributed by atoms with Gasteiger partial charge in [0.25, 0.3) is 5.69 Å². The van der Waals surface area contributed by atoms with E-state index in [1.165, 1.54) is 12.1 Å². The minimum atomic E-state index is -1.18. The van der Waals surface area contributed by atoms with Gasteiger partial charge in [0.15, 0.2) is 0 Å². The molecule has 1 heterocycles. The number of hydrogen-bond donors (Lipinski definition) is 2. The third-order valence-electron chi connectivity index (χ3n) is 3.02. The van der Waals surface area contributed by atoms with Crippen LogP contribution in [-0.2, 0) is 4.74 Å². The molecule has 0 spiro atoms. The lowest BCUT2D eigenvalue weighted by Gasteiger charge is -2.24. The maximum Gasteiger partial charge on any atom is 0.335 e. The van der Waals surface area contributed by atoms with Gasteiger partial charge in [-0.05, 0) is 25.0 Å². The van der Waals surface area contributed by atoms with Crippen molar-refractivity contribution >= 4 is 17.3 Å². The van der Waals surface area contributed by atoms with E-state index in [1.54, 1.807) is 0 Å². The maximum atomic E-state index is 11.0. The van der Waals surface area contributed by atoms with Crippen LogP contribution in [0.2, 0.25) is 0 Å². The Hall–Kier alpha value is -2.15. The highest BCUT2D eigenvalue weighted by Crippen LogP contribution is 2.27. The third-order valence-corrected chi connectivity index (χ3v) is 3.02. The lowest BCUT2D eigenvalue weighted by Crippen LogP contribution is -2.28. The van der Waals surface area contributed by atoms with Crippen LogP contribution in [0.1, 0.15) is 23.2 Å². The number of anilines is 1. The number of carbonyl (C=O) groups is 1. The van der Waals surface area contributed by atoms with Crippen molar-refractivity contribution in [1.82, 2.24) is 0 Å². The topological polar surface area (TPSA) is 102 Å². The summed E-state index contributed by atoms with van der Waals surface area (Å²) < 4.78 is 5.21. The van der Waals surface area contributed by atoms with Crippen molar-refractivity contribution in [2.45, 2.75) is 18.9 Å². The molecule has 0 aliphatic carbocycles. The molecule has 1 saturated heterocycles. The number of nitro groups is 1. The summed E-state index contributed by atoms with van der Waals surface area (Å²) in [5.41, 5.74) is 0.0394. The van der Waals surface area contributed by atoms with E-state index < -0.39 is 10.9 Å². The number of benzene rings is 1. The van der Waals surface area contributed by atoms with Gasteiger partial charge in [-0.25, -0.2) is 4.79 Å². The Morgan fingerprint density at radius 2 is 2.11 bits per heavy atom. The van der Waals surface area contributed by atoms with E-state index in [0.717, 1.165) is 18.9 Å². The fourth-order valence-corrected chi connectivity index (χ4v) is 2.00. The second-order valence-corrected chi connectivity index (χ2v) is 4.33. The van der Waals surface area contributed by atoms with Crippen molar-refractivity contribution in [1.29, 1.82) is 0 Å². The summed E-state index contributed by atoms with van der Waals surface area (Å²) in [7, 11) is 0. The molecule has 0 atom stereocenters. The molecule has 0 aromatic heterocycles. The van der Waals surface area contributed by atoms with Crippen LogP contribution in [0.15, 0.2) is 18.2 Å². The van der Waals surface area contributed by atoms with E-state index in [4.69, 9.17) is 9.84 Å². The normalized spacial score (nSPS) is 16.0. The molecule has 7 nitrogen and oxygen atoms in total. The van der Waals surface area contributed by atoms with E-state index >= 15 is 0 Å². The average Bonchev–Trinajstić information content (AvgIpc) is 2.39. The second kappa shape index (κ2) is 5.66. The Bertz CT molecular complexity index is 497. The Labute approximate surface area is 109 Å². The Balaban J connectivity index is 2.23. The summed E-state index contributed by atoms with van der Waals surface area (Å²) >= 11 is 0. The van der Waals surface area contributed by atoms with Gasteiger partial charge in [0.2, 0.25) is 0 Å². The van der Waals surface area contributed by atoms with Gasteiger partial charge in [-0.15, -0.1) is 0 Å². The molecule has 1 aromatic rings. The smallest absolute Gasteiger partial charge is 0.335 e. The van der Waals surface area contributed by atoms with E-state index in [-0.39, 0.29) is 17.3 Å². The van der Waals surface area contributed by atoms with Crippen molar-refractivity contribution in [2.24, 2.45) is 0 Å². The van der Waals surface area contributed by atoms with Crippen LogP contribution >= 0.6 is 0 Å². The number of rotatable bonds is 4. The van der Waals surface area contributed by atoms with Crippen LogP contribution in [-0.4, -0.2) is 35.3 Å². The van der Waals surface area contributed by atoms with Crippen molar-refractivity contribution in [3.63, 3.8) is 0 Å². The zero-order chi connectivity index (χ0) is 13.8. The number of ether oxygens (including phenoxy) is 1. The third kappa shape index (κ3) is 3.19. The number of carboxylic acid groups (broad SMARTS) is 1. The predicted octanol–water partition coefficient (Wildman–Crippen LogP) is 1.88. The summed E-state index contributed by atoms with van der Waals surface area (Å²) in [4.78, 5) is 21.2. The van der Waals surface area contributed by atoms with Gasteiger partial charge in [0, 0.05) is 25.3 Å². The lowest BCUT2D eigenvalue weighted by molar-refractivity contribution is -0.384. The van der Waals surface area contributed by atoms with Gasteiger partial charge in [-0.2, -0.15) is 0 Å². The average molecular weight is 266 g/mol. The summed E-state index contributed by atoms with van der Waals surface area (Å²) in [5.74, 6) is -1.18. The van der Waals surface area contributed by atoms with Gasteiger partial charge in [-0.1, -0.05) is 0 Å². The van der Waals surface area contributed by atoms with Crippen molar-refractivity contribution in [2.75, 3.05) is 18.5 Å². The number of nitro benzene ring substituents is 1. The predicted molar refractivity (Wildman–Crippen MR) is 67.5 cm³/mol. The van der Waals surface area contributed by atoms with Gasteiger partial charge >= 0.3 is 5.97 Å². The van der Waals surface area contributed by atoms with E-state index in [0.29, 0.717) is 18.9 Å². The highest BCUT2D eigenvalue weighted by Gasteiger charge is 2.21. The van der Waals surface area contributed by atoms with Gasteiger partial charge in [0.1, 0.15) is 5.69 Å². The first kappa shape index (κ1) is 13.3. The molecule has 1 aliphatic heterocycles. The lowest BCUT2D eigenvalue weighted by atomic mass is 10.1. The van der Waals surface area contributed by atoms with Gasteiger partial charge in [-0.3, -0.25) is 10.1 Å². The zero-order valence-corrected chi connectivity index (χ0v) is 10.2. The van der Waals surface area contributed by atoms with E-state index in [9.17, 15) is 14.9 Å². The highest BCUT2D eigenvalue weighted by molar-refractivity contribution is 5.89. The molecular formula is C12H14N2O5. The molecule has 0 bridgehead atoms. The molecule has 0 unspecified atom stereocenters. The molecule has 0 radical (unpaired) electrons. The molecule has 0 saturated carbocycles. The van der Waals surface area contributed by atoms with Crippen molar-refractivity contribution in [3.05, 3.63) is 33.9 Å². The van der Waals surface area contributed by atoms with Crippen LogP contribution in [0.3, 0.4) is 0 Å². The number of nitrogens with one attached hydrogen (secondary N) is 1. The Morgan fingerprint density at radius 3 is 2.68 bits per heavy atom. The van der Waals surface area contributed by atoms with Gasteiger partial charge in [0.05, 0.1) is 10.5 Å². The largest absolute Gasteiger partial charge is 0.478 e. The SMILES string of the molecule is O=C(O)c1ccc(NC2CCOCC2)c([N+](=O)[O-])c1. The maximum absolute atomic E-state index is 11.0. The van der Waals surface area contributed by atoms with Crippen LogP contribution in [0.5, 0.6) is 0 Å². The number of hydrogen-bond acceptors (Lipinski definition) is 5. The Kier molecular flexibility index (Phi) is 3.96. The number of aromatic carboxylic acids is 1. The van der Waals surface area contributed by atoms with Crippen LogP contribution < -0.4 is 5.32 Å². The van der Waals surface area contributed by atoms with Gasteiger partial charge < -0.3 is 15.2 Å².